The number of rotatable bonds is 6. The van der Waals surface area contributed by atoms with Gasteiger partial charge in [0, 0.05) is 25.3 Å². The first-order valence-electron chi connectivity index (χ1n) is 6.26. The molecular weight excluding hydrogens is 216 g/mol. The van der Waals surface area contributed by atoms with E-state index >= 15 is 0 Å². The predicted octanol–water partition coefficient (Wildman–Crippen LogP) is 1.62. The summed E-state index contributed by atoms with van der Waals surface area (Å²) < 4.78 is 11.6. The maximum Gasteiger partial charge on any atom is 0.138 e. The molecule has 1 heterocycles. The van der Waals surface area contributed by atoms with E-state index in [2.05, 4.69) is 17.2 Å². The van der Waals surface area contributed by atoms with Crippen LogP contribution in [0.25, 0.3) is 0 Å². The van der Waals surface area contributed by atoms with Gasteiger partial charge in [0.2, 0.25) is 0 Å². The zero-order valence-corrected chi connectivity index (χ0v) is 10.4. The molecular formula is C13H20N2O2. The number of likely N-dealkylation sites (N-methyl/N-ethyl adjacent to an activating group) is 1. The molecule has 0 aliphatic heterocycles. The average molecular weight is 236 g/mol. The number of pyridine rings is 1. The summed E-state index contributed by atoms with van der Waals surface area (Å²) in [6.07, 6.45) is 4.77. The van der Waals surface area contributed by atoms with Crippen LogP contribution in [0, 0.1) is 0 Å². The summed E-state index contributed by atoms with van der Waals surface area (Å²) in [5.41, 5.74) is 0. The lowest BCUT2D eigenvalue weighted by molar-refractivity contribution is -0.104. The topological polar surface area (TPSA) is 43.4 Å². The first-order valence-corrected chi connectivity index (χ1v) is 6.26. The van der Waals surface area contributed by atoms with Gasteiger partial charge in [0.1, 0.15) is 18.0 Å². The van der Waals surface area contributed by atoms with E-state index in [4.69, 9.17) is 9.47 Å². The Morgan fingerprint density at radius 1 is 1.47 bits per heavy atom. The van der Waals surface area contributed by atoms with Crippen molar-refractivity contribution >= 4 is 0 Å². The molecule has 17 heavy (non-hydrogen) atoms. The van der Waals surface area contributed by atoms with Gasteiger partial charge >= 0.3 is 0 Å². The van der Waals surface area contributed by atoms with Crippen LogP contribution in [-0.4, -0.2) is 36.4 Å². The number of nitrogens with zero attached hydrogens (tertiary/aromatic N) is 1. The molecule has 94 valence electrons. The molecule has 2 rings (SSSR count). The third kappa shape index (κ3) is 2.96. The molecule has 4 heteroatoms. The fraction of sp³-hybridized carbons (Fsp3) is 0.615. The van der Waals surface area contributed by atoms with Crippen LogP contribution >= 0.6 is 0 Å². The highest BCUT2D eigenvalue weighted by Gasteiger charge is 2.43. The lowest BCUT2D eigenvalue weighted by atomic mass is 9.85. The minimum Gasteiger partial charge on any atom is -0.486 e. The van der Waals surface area contributed by atoms with Gasteiger partial charge in [-0.15, -0.1) is 0 Å². The van der Waals surface area contributed by atoms with Crippen LogP contribution in [0.2, 0.25) is 0 Å². The summed E-state index contributed by atoms with van der Waals surface area (Å²) in [7, 11) is 0. The lowest BCUT2D eigenvalue weighted by Crippen LogP contribution is -2.61. The minimum atomic E-state index is 0.142. The van der Waals surface area contributed by atoms with Crippen molar-refractivity contribution < 1.29 is 9.47 Å². The molecule has 0 aromatic carbocycles. The summed E-state index contributed by atoms with van der Waals surface area (Å²) in [5.74, 6) is 0.817. The van der Waals surface area contributed by atoms with Crippen LogP contribution in [0.3, 0.4) is 0 Å². The van der Waals surface area contributed by atoms with Crippen LogP contribution < -0.4 is 10.1 Å². The summed E-state index contributed by atoms with van der Waals surface area (Å²) >= 11 is 0. The van der Waals surface area contributed by atoms with E-state index in [1.54, 1.807) is 12.4 Å². The quantitative estimate of drug-likeness (QED) is 0.815. The Morgan fingerprint density at radius 3 is 3.00 bits per heavy atom. The Labute approximate surface area is 102 Å². The molecule has 1 aliphatic carbocycles. The summed E-state index contributed by atoms with van der Waals surface area (Å²) in [5, 5.41) is 3.41. The molecule has 3 atom stereocenters. The van der Waals surface area contributed by atoms with E-state index in [0.29, 0.717) is 6.04 Å². The van der Waals surface area contributed by atoms with Gasteiger partial charge in [-0.1, -0.05) is 6.92 Å². The lowest BCUT2D eigenvalue weighted by Gasteiger charge is -2.44. The normalized spacial score (nSPS) is 27.5. The molecule has 0 saturated heterocycles. The van der Waals surface area contributed by atoms with Gasteiger partial charge in [0.15, 0.2) is 0 Å². The number of aromatic nitrogens is 1. The monoisotopic (exact) mass is 236 g/mol. The Bertz CT molecular complexity index is 331. The third-order valence-electron chi connectivity index (χ3n) is 3.00. The van der Waals surface area contributed by atoms with Crippen molar-refractivity contribution in [2.45, 2.75) is 38.5 Å². The van der Waals surface area contributed by atoms with Gasteiger partial charge in [-0.05, 0) is 25.6 Å². The molecule has 1 aliphatic rings. The Hall–Kier alpha value is -1.13. The van der Waals surface area contributed by atoms with Crippen LogP contribution in [0.15, 0.2) is 24.5 Å². The van der Waals surface area contributed by atoms with Crippen LogP contribution in [0.4, 0.5) is 0 Å². The zero-order chi connectivity index (χ0) is 12.1. The molecule has 1 fully saturated rings. The first-order chi connectivity index (χ1) is 8.35. The highest BCUT2D eigenvalue weighted by molar-refractivity contribution is 5.17. The van der Waals surface area contributed by atoms with Gasteiger partial charge in [-0.25, -0.2) is 0 Å². The maximum atomic E-state index is 5.86. The van der Waals surface area contributed by atoms with Crippen molar-refractivity contribution in [1.82, 2.24) is 10.3 Å². The van der Waals surface area contributed by atoms with Gasteiger partial charge in [0.05, 0.1) is 6.20 Å². The zero-order valence-electron chi connectivity index (χ0n) is 10.4. The van der Waals surface area contributed by atoms with E-state index in [-0.39, 0.29) is 12.2 Å². The molecule has 4 nitrogen and oxygen atoms in total. The molecule has 0 radical (unpaired) electrons. The minimum absolute atomic E-state index is 0.142. The van der Waals surface area contributed by atoms with Crippen molar-refractivity contribution in [2.24, 2.45) is 0 Å². The third-order valence-corrected chi connectivity index (χ3v) is 3.00. The van der Waals surface area contributed by atoms with Crippen LogP contribution in [0.5, 0.6) is 5.75 Å². The van der Waals surface area contributed by atoms with Crippen molar-refractivity contribution in [3.63, 3.8) is 0 Å². The smallest absolute Gasteiger partial charge is 0.138 e. The molecule has 0 amide bonds. The molecule has 0 bridgehead atoms. The van der Waals surface area contributed by atoms with Crippen molar-refractivity contribution in [1.29, 1.82) is 0 Å². The SMILES string of the molecule is CCNC1CC(Oc2cccnc2)C1OCC. The number of hydrogen-bond acceptors (Lipinski definition) is 4. The van der Waals surface area contributed by atoms with Crippen LogP contribution in [-0.2, 0) is 4.74 Å². The second-order valence-electron chi connectivity index (χ2n) is 4.16. The van der Waals surface area contributed by atoms with E-state index in [9.17, 15) is 0 Å². The standard InChI is InChI=1S/C13H20N2O2/c1-3-15-11-8-12(13(11)16-4-2)17-10-6-5-7-14-9-10/h5-7,9,11-13,15H,3-4,8H2,1-2H3. The molecule has 1 saturated carbocycles. The van der Waals surface area contributed by atoms with E-state index in [1.807, 2.05) is 19.1 Å². The van der Waals surface area contributed by atoms with E-state index in [0.717, 1.165) is 25.3 Å². The van der Waals surface area contributed by atoms with Crippen LogP contribution in [0.1, 0.15) is 20.3 Å². The fourth-order valence-corrected chi connectivity index (χ4v) is 2.17. The van der Waals surface area contributed by atoms with Gasteiger partial charge < -0.3 is 14.8 Å². The molecule has 1 N–H and O–H groups in total. The predicted molar refractivity (Wildman–Crippen MR) is 66.1 cm³/mol. The number of ether oxygens (including phenoxy) is 2. The van der Waals surface area contributed by atoms with Gasteiger partial charge in [-0.3, -0.25) is 4.98 Å². The second-order valence-corrected chi connectivity index (χ2v) is 4.16. The number of hydrogen-bond donors (Lipinski definition) is 1. The van der Waals surface area contributed by atoms with Gasteiger partial charge in [-0.2, -0.15) is 0 Å². The second kappa shape index (κ2) is 5.98. The highest BCUT2D eigenvalue weighted by Crippen LogP contribution is 2.28. The first kappa shape index (κ1) is 12.3. The fourth-order valence-electron chi connectivity index (χ4n) is 2.17. The van der Waals surface area contributed by atoms with Crippen molar-refractivity contribution in [3.8, 4) is 5.75 Å². The summed E-state index contributed by atoms with van der Waals surface area (Å²) in [6, 6.07) is 4.23. The molecule has 1 aromatic rings. The summed E-state index contributed by atoms with van der Waals surface area (Å²) in [4.78, 5) is 4.04. The summed E-state index contributed by atoms with van der Waals surface area (Å²) in [6.45, 7) is 5.81. The van der Waals surface area contributed by atoms with Crippen molar-refractivity contribution in [2.75, 3.05) is 13.2 Å². The van der Waals surface area contributed by atoms with E-state index in [1.165, 1.54) is 0 Å². The van der Waals surface area contributed by atoms with Crippen molar-refractivity contribution in [3.05, 3.63) is 24.5 Å². The molecule has 0 spiro atoms. The van der Waals surface area contributed by atoms with Gasteiger partial charge in [0.25, 0.3) is 0 Å². The molecule has 1 aromatic heterocycles. The Morgan fingerprint density at radius 2 is 2.35 bits per heavy atom. The Kier molecular flexibility index (Phi) is 4.34. The Balaban J connectivity index is 1.89. The number of nitrogens with one attached hydrogen (secondary N) is 1. The maximum absolute atomic E-state index is 5.86. The molecule has 3 unspecified atom stereocenters. The van der Waals surface area contributed by atoms with E-state index < -0.39 is 0 Å². The largest absolute Gasteiger partial charge is 0.486 e. The highest BCUT2D eigenvalue weighted by atomic mass is 16.5. The average Bonchev–Trinajstić information content (AvgIpc) is 2.36.